The second kappa shape index (κ2) is 5.54. The first-order valence-electron chi connectivity index (χ1n) is 7.00. The Morgan fingerprint density at radius 3 is 2.75 bits per heavy atom. The van der Waals surface area contributed by atoms with Crippen LogP contribution in [0.15, 0.2) is 35.7 Å². The smallest absolute Gasteiger partial charge is 0.130 e. The van der Waals surface area contributed by atoms with Crippen molar-refractivity contribution in [3.05, 3.63) is 52.0 Å². The fraction of sp³-hybridized carbons (Fsp3) is 0.375. The molecule has 2 N–H and O–H groups in total. The van der Waals surface area contributed by atoms with Crippen LogP contribution in [-0.4, -0.2) is 6.04 Å². The number of halogens is 1. The lowest BCUT2D eigenvalue weighted by Crippen LogP contribution is -2.27. The maximum Gasteiger partial charge on any atom is 0.130 e. The van der Waals surface area contributed by atoms with Crippen molar-refractivity contribution < 1.29 is 4.39 Å². The molecule has 0 spiro atoms. The van der Waals surface area contributed by atoms with Crippen LogP contribution < -0.4 is 10.6 Å². The van der Waals surface area contributed by atoms with Crippen LogP contribution in [0.25, 0.3) is 0 Å². The number of hydrogen-bond acceptors (Lipinski definition) is 3. The van der Waals surface area contributed by atoms with E-state index in [1.165, 1.54) is 23.8 Å². The van der Waals surface area contributed by atoms with E-state index >= 15 is 0 Å². The zero-order valence-electron chi connectivity index (χ0n) is 11.6. The van der Waals surface area contributed by atoms with Crippen LogP contribution in [0.5, 0.6) is 0 Å². The maximum absolute atomic E-state index is 14.1. The van der Waals surface area contributed by atoms with E-state index in [0.717, 1.165) is 12.2 Å². The van der Waals surface area contributed by atoms with Crippen LogP contribution in [0.2, 0.25) is 0 Å². The van der Waals surface area contributed by atoms with Crippen molar-refractivity contribution >= 4 is 17.0 Å². The van der Waals surface area contributed by atoms with E-state index in [1.807, 2.05) is 13.0 Å². The first kappa shape index (κ1) is 13.6. The van der Waals surface area contributed by atoms with Gasteiger partial charge in [-0.15, -0.1) is 11.3 Å². The summed E-state index contributed by atoms with van der Waals surface area (Å²) in [5.74, 6) is -0.200. The van der Waals surface area contributed by atoms with Crippen molar-refractivity contribution in [2.45, 2.75) is 38.4 Å². The van der Waals surface area contributed by atoms with E-state index in [9.17, 15) is 4.39 Å². The van der Waals surface area contributed by atoms with E-state index in [2.05, 4.69) is 22.4 Å². The third-order valence-corrected chi connectivity index (χ3v) is 4.55. The molecule has 0 saturated heterocycles. The predicted octanol–water partition coefficient (Wildman–Crippen LogP) is 4.08. The quantitative estimate of drug-likeness (QED) is 0.899. The predicted molar refractivity (Wildman–Crippen MR) is 82.5 cm³/mol. The highest BCUT2D eigenvalue weighted by Crippen LogP contribution is 2.37. The summed E-state index contributed by atoms with van der Waals surface area (Å²) in [5.41, 5.74) is 7.57. The topological polar surface area (TPSA) is 29.3 Å². The number of nitrogens with two attached hydrogens (primary N) is 1. The number of benzene rings is 1. The number of rotatable bonds is 5. The molecule has 4 heteroatoms. The Hall–Kier alpha value is -1.39. The molecule has 3 rings (SSSR count). The summed E-state index contributed by atoms with van der Waals surface area (Å²) in [7, 11) is 0. The summed E-state index contributed by atoms with van der Waals surface area (Å²) >= 11 is 1.74. The van der Waals surface area contributed by atoms with E-state index in [1.54, 1.807) is 17.4 Å². The lowest BCUT2D eigenvalue weighted by molar-refractivity contribution is 0.590. The monoisotopic (exact) mass is 290 g/mol. The standard InChI is InChI=1S/C16H19FN2S/c1-11(18)16-14(17)5-2-6-15(16)19(12-7-8-12)10-13-4-3-9-20-13/h2-6,9,11-12H,7-8,10,18H2,1H3. The van der Waals surface area contributed by atoms with Crippen molar-refractivity contribution in [1.82, 2.24) is 0 Å². The molecule has 1 heterocycles. The molecule has 1 aromatic heterocycles. The summed E-state index contributed by atoms with van der Waals surface area (Å²) in [6, 6.07) is 9.69. The van der Waals surface area contributed by atoms with Gasteiger partial charge in [-0.1, -0.05) is 12.1 Å². The molecular formula is C16H19FN2S. The molecular weight excluding hydrogens is 271 g/mol. The minimum atomic E-state index is -0.296. The third-order valence-electron chi connectivity index (χ3n) is 3.69. The molecule has 0 aliphatic heterocycles. The van der Waals surface area contributed by atoms with Gasteiger partial charge in [-0.05, 0) is 43.3 Å². The van der Waals surface area contributed by atoms with Gasteiger partial charge in [0.25, 0.3) is 0 Å². The minimum absolute atomic E-state index is 0.200. The number of anilines is 1. The number of hydrogen-bond donors (Lipinski definition) is 1. The highest BCUT2D eigenvalue weighted by Gasteiger charge is 2.31. The lowest BCUT2D eigenvalue weighted by atomic mass is 10.0. The fourth-order valence-electron chi connectivity index (χ4n) is 2.59. The van der Waals surface area contributed by atoms with Crippen molar-refractivity contribution in [3.63, 3.8) is 0 Å². The van der Waals surface area contributed by atoms with Crippen LogP contribution in [0.4, 0.5) is 10.1 Å². The Balaban J connectivity index is 1.97. The van der Waals surface area contributed by atoms with Gasteiger partial charge in [0.1, 0.15) is 5.82 Å². The second-order valence-electron chi connectivity index (χ2n) is 5.40. The molecule has 20 heavy (non-hydrogen) atoms. The Kier molecular flexibility index (Phi) is 3.76. The minimum Gasteiger partial charge on any atom is -0.363 e. The average Bonchev–Trinajstić information content (AvgIpc) is 3.12. The molecule has 0 radical (unpaired) electrons. The molecule has 0 amide bonds. The van der Waals surface area contributed by atoms with E-state index in [0.29, 0.717) is 11.6 Å². The molecule has 1 aliphatic rings. The van der Waals surface area contributed by atoms with Crippen molar-refractivity contribution in [2.75, 3.05) is 4.90 Å². The Morgan fingerprint density at radius 1 is 1.35 bits per heavy atom. The number of thiophene rings is 1. The van der Waals surface area contributed by atoms with Crippen LogP contribution in [0.1, 0.15) is 36.2 Å². The normalized spacial score (nSPS) is 16.1. The van der Waals surface area contributed by atoms with Gasteiger partial charge in [-0.25, -0.2) is 4.39 Å². The van der Waals surface area contributed by atoms with Gasteiger partial charge < -0.3 is 10.6 Å². The SMILES string of the molecule is CC(N)c1c(F)cccc1N(Cc1cccs1)C1CC1. The molecule has 1 fully saturated rings. The molecule has 1 saturated carbocycles. The van der Waals surface area contributed by atoms with Gasteiger partial charge in [0.15, 0.2) is 0 Å². The van der Waals surface area contributed by atoms with Gasteiger partial charge >= 0.3 is 0 Å². The molecule has 1 aliphatic carbocycles. The molecule has 1 atom stereocenters. The van der Waals surface area contributed by atoms with Gasteiger partial charge in [0, 0.05) is 28.2 Å². The second-order valence-corrected chi connectivity index (χ2v) is 6.43. The van der Waals surface area contributed by atoms with Crippen molar-refractivity contribution in [1.29, 1.82) is 0 Å². The summed E-state index contributed by atoms with van der Waals surface area (Å²) in [6.07, 6.45) is 2.36. The molecule has 1 aromatic carbocycles. The molecule has 1 unspecified atom stereocenters. The lowest BCUT2D eigenvalue weighted by Gasteiger charge is -2.28. The first-order valence-corrected chi connectivity index (χ1v) is 7.88. The average molecular weight is 290 g/mol. The van der Waals surface area contributed by atoms with Crippen LogP contribution in [-0.2, 0) is 6.54 Å². The van der Waals surface area contributed by atoms with Crippen LogP contribution in [0.3, 0.4) is 0 Å². The van der Waals surface area contributed by atoms with E-state index in [4.69, 9.17) is 5.73 Å². The summed E-state index contributed by atoms with van der Waals surface area (Å²) in [4.78, 5) is 3.62. The Labute approximate surface area is 123 Å². The highest BCUT2D eigenvalue weighted by molar-refractivity contribution is 7.09. The molecule has 106 valence electrons. The Morgan fingerprint density at radius 2 is 2.15 bits per heavy atom. The zero-order valence-corrected chi connectivity index (χ0v) is 12.4. The largest absolute Gasteiger partial charge is 0.363 e. The van der Waals surface area contributed by atoms with E-state index < -0.39 is 0 Å². The Bertz CT molecular complexity index is 576. The molecule has 0 bridgehead atoms. The third kappa shape index (κ3) is 2.72. The summed E-state index contributed by atoms with van der Waals surface area (Å²) < 4.78 is 14.1. The molecule has 2 nitrogen and oxygen atoms in total. The van der Waals surface area contributed by atoms with Crippen molar-refractivity contribution in [3.8, 4) is 0 Å². The fourth-order valence-corrected chi connectivity index (χ4v) is 3.30. The van der Waals surface area contributed by atoms with Crippen LogP contribution in [0, 0.1) is 5.82 Å². The maximum atomic E-state index is 14.1. The van der Waals surface area contributed by atoms with Gasteiger partial charge in [0.05, 0.1) is 6.54 Å². The highest BCUT2D eigenvalue weighted by atomic mass is 32.1. The molecule has 2 aromatic rings. The van der Waals surface area contributed by atoms with Gasteiger partial charge in [0.2, 0.25) is 0 Å². The zero-order chi connectivity index (χ0) is 14.1. The van der Waals surface area contributed by atoms with Crippen LogP contribution >= 0.6 is 11.3 Å². The summed E-state index contributed by atoms with van der Waals surface area (Å²) in [5, 5.41) is 2.08. The van der Waals surface area contributed by atoms with Crippen molar-refractivity contribution in [2.24, 2.45) is 5.73 Å². The van der Waals surface area contributed by atoms with Gasteiger partial charge in [-0.2, -0.15) is 0 Å². The van der Waals surface area contributed by atoms with E-state index in [-0.39, 0.29) is 11.9 Å². The number of nitrogens with zero attached hydrogens (tertiary/aromatic N) is 1. The van der Waals surface area contributed by atoms with Gasteiger partial charge in [-0.3, -0.25) is 0 Å². The first-order chi connectivity index (χ1) is 9.66. The summed E-state index contributed by atoms with van der Waals surface area (Å²) in [6.45, 7) is 2.68.